The quantitative estimate of drug-likeness (QED) is 0.825. The molecule has 1 nitrogen and oxygen atoms in total. The van der Waals surface area contributed by atoms with Crippen LogP contribution in [0.5, 0.6) is 0 Å². The van der Waals surface area contributed by atoms with Crippen LogP contribution in [0.4, 0.5) is 8.78 Å². The number of hydrogen-bond acceptors (Lipinski definition) is 1. The van der Waals surface area contributed by atoms with E-state index >= 15 is 0 Å². The minimum Gasteiger partial charge on any atom is -0.311 e. The summed E-state index contributed by atoms with van der Waals surface area (Å²) in [4.78, 5) is 0. The van der Waals surface area contributed by atoms with E-state index in [-0.39, 0.29) is 6.54 Å². The molecule has 1 fully saturated rings. The third-order valence-electron chi connectivity index (χ3n) is 2.72. The Bertz CT molecular complexity index is 354. The highest BCUT2D eigenvalue weighted by molar-refractivity contribution is 6.30. The van der Waals surface area contributed by atoms with E-state index in [4.69, 9.17) is 11.6 Å². The minimum atomic E-state index is -2.59. The summed E-state index contributed by atoms with van der Waals surface area (Å²) in [7, 11) is 0. The van der Waals surface area contributed by atoms with Crippen molar-refractivity contribution in [3.05, 3.63) is 34.9 Å². The summed E-state index contributed by atoms with van der Waals surface area (Å²) < 4.78 is 26.6. The van der Waals surface area contributed by atoms with Gasteiger partial charge in [-0.3, -0.25) is 0 Å². The fourth-order valence-corrected chi connectivity index (χ4v) is 2.09. The first-order chi connectivity index (χ1) is 7.08. The van der Waals surface area contributed by atoms with Crippen LogP contribution in [0, 0.1) is 5.92 Å². The van der Waals surface area contributed by atoms with Crippen molar-refractivity contribution in [2.24, 2.45) is 5.92 Å². The molecule has 1 saturated heterocycles. The van der Waals surface area contributed by atoms with Gasteiger partial charge in [-0.1, -0.05) is 23.7 Å². The molecule has 1 aliphatic heterocycles. The van der Waals surface area contributed by atoms with Gasteiger partial charge in [-0.15, -0.1) is 0 Å². The maximum atomic E-state index is 13.3. The molecule has 1 atom stereocenters. The average molecular weight is 232 g/mol. The average Bonchev–Trinajstić information content (AvgIpc) is 2.46. The maximum Gasteiger partial charge on any atom is 0.264 e. The van der Waals surface area contributed by atoms with Crippen LogP contribution < -0.4 is 5.32 Å². The molecule has 15 heavy (non-hydrogen) atoms. The molecular weight excluding hydrogens is 220 g/mol. The summed E-state index contributed by atoms with van der Waals surface area (Å²) in [6, 6.07) is 7.12. The van der Waals surface area contributed by atoms with E-state index in [2.05, 4.69) is 5.32 Å². The second kappa shape index (κ2) is 4.06. The van der Waals surface area contributed by atoms with Gasteiger partial charge in [-0.05, 0) is 24.1 Å². The van der Waals surface area contributed by atoms with E-state index in [0.29, 0.717) is 18.0 Å². The summed E-state index contributed by atoms with van der Waals surface area (Å²) in [6.45, 7) is 0.164. The molecule has 82 valence electrons. The zero-order valence-corrected chi connectivity index (χ0v) is 8.90. The van der Waals surface area contributed by atoms with Crippen LogP contribution in [0.25, 0.3) is 0 Å². The molecule has 0 amide bonds. The monoisotopic (exact) mass is 231 g/mol. The first-order valence-electron chi connectivity index (χ1n) is 4.91. The standard InChI is InChI=1S/C11H12ClF2N/c12-10-3-1-2-8(5-10)4-9-6-15-7-11(9,13)14/h1-3,5,9,15H,4,6-7H2. The van der Waals surface area contributed by atoms with Crippen molar-refractivity contribution in [3.8, 4) is 0 Å². The summed E-state index contributed by atoms with van der Waals surface area (Å²) in [5.74, 6) is -3.21. The van der Waals surface area contributed by atoms with E-state index in [1.165, 1.54) is 0 Å². The predicted molar refractivity (Wildman–Crippen MR) is 56.5 cm³/mol. The third kappa shape index (κ3) is 2.47. The topological polar surface area (TPSA) is 12.0 Å². The molecule has 1 heterocycles. The van der Waals surface area contributed by atoms with Gasteiger partial charge in [0.05, 0.1) is 6.54 Å². The van der Waals surface area contributed by atoms with Gasteiger partial charge >= 0.3 is 0 Å². The van der Waals surface area contributed by atoms with Crippen LogP contribution in [0.15, 0.2) is 24.3 Å². The molecule has 0 saturated carbocycles. The van der Waals surface area contributed by atoms with Crippen molar-refractivity contribution in [1.29, 1.82) is 0 Å². The van der Waals surface area contributed by atoms with Crippen molar-refractivity contribution in [1.82, 2.24) is 5.32 Å². The first kappa shape index (κ1) is 10.8. The van der Waals surface area contributed by atoms with Crippen LogP contribution in [-0.4, -0.2) is 19.0 Å². The van der Waals surface area contributed by atoms with Crippen molar-refractivity contribution >= 4 is 11.6 Å². The fraction of sp³-hybridized carbons (Fsp3) is 0.455. The molecule has 1 unspecified atom stereocenters. The Morgan fingerprint density at radius 1 is 1.47 bits per heavy atom. The Balaban J connectivity index is 2.09. The Kier molecular flexibility index (Phi) is 2.94. The molecule has 1 aromatic rings. The summed E-state index contributed by atoms with van der Waals surface area (Å²) in [5, 5.41) is 3.31. The van der Waals surface area contributed by atoms with Crippen LogP contribution >= 0.6 is 11.6 Å². The van der Waals surface area contributed by atoms with Gasteiger partial charge < -0.3 is 5.32 Å². The second-order valence-corrected chi connectivity index (χ2v) is 4.36. The number of alkyl halides is 2. The Morgan fingerprint density at radius 3 is 2.87 bits per heavy atom. The van der Waals surface area contributed by atoms with Crippen molar-refractivity contribution < 1.29 is 8.78 Å². The molecular formula is C11H12ClF2N. The van der Waals surface area contributed by atoms with Crippen molar-refractivity contribution in [2.45, 2.75) is 12.3 Å². The lowest BCUT2D eigenvalue weighted by atomic mass is 9.96. The highest BCUT2D eigenvalue weighted by Gasteiger charge is 2.43. The molecule has 1 aromatic carbocycles. The molecule has 4 heteroatoms. The van der Waals surface area contributed by atoms with E-state index in [1.54, 1.807) is 18.2 Å². The minimum absolute atomic E-state index is 0.210. The molecule has 0 bridgehead atoms. The second-order valence-electron chi connectivity index (χ2n) is 3.92. The zero-order valence-electron chi connectivity index (χ0n) is 8.14. The Labute approximate surface area is 92.4 Å². The van der Waals surface area contributed by atoms with E-state index in [0.717, 1.165) is 5.56 Å². The van der Waals surface area contributed by atoms with E-state index in [9.17, 15) is 8.78 Å². The van der Waals surface area contributed by atoms with E-state index < -0.39 is 11.8 Å². The molecule has 1 aliphatic rings. The summed E-state index contributed by atoms with van der Waals surface area (Å²) in [5.41, 5.74) is 0.871. The van der Waals surface area contributed by atoms with Crippen molar-refractivity contribution in [2.75, 3.05) is 13.1 Å². The number of benzene rings is 1. The number of hydrogen-bond donors (Lipinski definition) is 1. The number of rotatable bonds is 2. The summed E-state index contributed by atoms with van der Waals surface area (Å²) in [6.07, 6.45) is 0.376. The molecule has 1 N–H and O–H groups in total. The third-order valence-corrected chi connectivity index (χ3v) is 2.95. The Hall–Kier alpha value is -0.670. The van der Waals surface area contributed by atoms with Crippen LogP contribution in [-0.2, 0) is 6.42 Å². The molecule has 2 rings (SSSR count). The van der Waals surface area contributed by atoms with Gasteiger partial charge in [0, 0.05) is 17.5 Å². The van der Waals surface area contributed by atoms with Gasteiger partial charge in [0.15, 0.2) is 0 Å². The smallest absolute Gasteiger partial charge is 0.264 e. The summed E-state index contributed by atoms with van der Waals surface area (Å²) >= 11 is 5.80. The fourth-order valence-electron chi connectivity index (χ4n) is 1.88. The van der Waals surface area contributed by atoms with Crippen LogP contribution in [0.3, 0.4) is 0 Å². The van der Waals surface area contributed by atoms with Crippen LogP contribution in [0.2, 0.25) is 5.02 Å². The largest absolute Gasteiger partial charge is 0.311 e. The lowest BCUT2D eigenvalue weighted by molar-refractivity contribution is -0.0212. The first-order valence-corrected chi connectivity index (χ1v) is 5.29. The SMILES string of the molecule is FC1(F)CNCC1Cc1cccc(Cl)c1. The number of halogens is 3. The van der Waals surface area contributed by atoms with Gasteiger partial charge in [0.2, 0.25) is 0 Å². The highest BCUT2D eigenvalue weighted by atomic mass is 35.5. The lowest BCUT2D eigenvalue weighted by Crippen LogP contribution is -2.28. The number of nitrogens with one attached hydrogen (secondary N) is 1. The van der Waals surface area contributed by atoms with Gasteiger partial charge in [-0.25, -0.2) is 8.78 Å². The normalized spacial score (nSPS) is 24.3. The van der Waals surface area contributed by atoms with Gasteiger partial charge in [0.1, 0.15) is 0 Å². The van der Waals surface area contributed by atoms with Crippen LogP contribution in [0.1, 0.15) is 5.56 Å². The van der Waals surface area contributed by atoms with Crippen molar-refractivity contribution in [3.63, 3.8) is 0 Å². The lowest BCUT2D eigenvalue weighted by Gasteiger charge is -2.17. The maximum absolute atomic E-state index is 13.3. The zero-order chi connectivity index (χ0) is 10.9. The molecule has 0 aliphatic carbocycles. The van der Waals surface area contributed by atoms with Gasteiger partial charge in [-0.2, -0.15) is 0 Å². The molecule has 0 radical (unpaired) electrons. The Morgan fingerprint density at radius 2 is 2.27 bits per heavy atom. The predicted octanol–water partition coefficient (Wildman–Crippen LogP) is 2.74. The molecule has 0 aromatic heterocycles. The molecule has 0 spiro atoms. The van der Waals surface area contributed by atoms with Gasteiger partial charge in [0.25, 0.3) is 5.92 Å². The highest BCUT2D eigenvalue weighted by Crippen LogP contribution is 2.31. The van der Waals surface area contributed by atoms with E-state index in [1.807, 2.05) is 6.07 Å².